The van der Waals surface area contributed by atoms with Crippen LogP contribution in [0.2, 0.25) is 0 Å². The third kappa shape index (κ3) is 5.56. The molecular formula is C14H21NO. The van der Waals surface area contributed by atoms with E-state index in [0.29, 0.717) is 0 Å². The van der Waals surface area contributed by atoms with Gasteiger partial charge in [-0.2, -0.15) is 0 Å². The second-order valence-corrected chi connectivity index (χ2v) is 4.11. The maximum Gasteiger partial charge on any atom is 0.0639 e. The molecule has 0 amide bonds. The van der Waals surface area contributed by atoms with E-state index in [9.17, 15) is 0 Å². The van der Waals surface area contributed by atoms with Crippen LogP contribution in [-0.2, 0) is 4.74 Å². The number of nitrogens with one attached hydrogen (secondary N) is 1. The fourth-order valence-corrected chi connectivity index (χ4v) is 1.29. The van der Waals surface area contributed by atoms with E-state index in [1.807, 2.05) is 6.92 Å². The van der Waals surface area contributed by atoms with Gasteiger partial charge in [0, 0.05) is 12.2 Å². The van der Waals surface area contributed by atoms with Crippen LogP contribution in [0.25, 0.3) is 0 Å². The first-order chi connectivity index (χ1) is 7.68. The Labute approximate surface area is 98.3 Å². The molecule has 0 bridgehead atoms. The van der Waals surface area contributed by atoms with Crippen molar-refractivity contribution in [1.29, 1.82) is 0 Å². The third-order valence-corrected chi connectivity index (χ3v) is 2.30. The minimum Gasteiger partial charge on any atom is -0.383 e. The van der Waals surface area contributed by atoms with E-state index in [1.165, 1.54) is 11.1 Å². The summed E-state index contributed by atoms with van der Waals surface area (Å²) in [5, 5.41) is 3.31. The molecule has 2 nitrogen and oxygen atoms in total. The molecule has 16 heavy (non-hydrogen) atoms. The molecule has 0 radical (unpaired) electrons. The highest BCUT2D eigenvalue weighted by Gasteiger charge is 1.92. The van der Waals surface area contributed by atoms with Crippen molar-refractivity contribution in [3.8, 4) is 0 Å². The normalized spacial score (nSPS) is 10.1. The topological polar surface area (TPSA) is 21.3 Å². The summed E-state index contributed by atoms with van der Waals surface area (Å²) in [6, 6.07) is 8.38. The quantitative estimate of drug-likeness (QED) is 0.560. The summed E-state index contributed by atoms with van der Waals surface area (Å²) in [6.07, 6.45) is 0.949. The van der Waals surface area contributed by atoms with Crippen LogP contribution in [-0.4, -0.2) is 19.8 Å². The van der Waals surface area contributed by atoms with Crippen molar-refractivity contribution in [1.82, 2.24) is 0 Å². The molecule has 0 unspecified atom stereocenters. The zero-order valence-corrected chi connectivity index (χ0v) is 10.3. The van der Waals surface area contributed by atoms with E-state index >= 15 is 0 Å². The summed E-state index contributed by atoms with van der Waals surface area (Å²) < 4.78 is 5.47. The number of rotatable bonds is 7. The second kappa shape index (κ2) is 7.07. The molecule has 0 aliphatic rings. The van der Waals surface area contributed by atoms with Crippen molar-refractivity contribution >= 4 is 5.69 Å². The largest absolute Gasteiger partial charge is 0.383 e. The van der Waals surface area contributed by atoms with Gasteiger partial charge in [-0.25, -0.2) is 0 Å². The lowest BCUT2D eigenvalue weighted by Gasteiger charge is -2.07. The summed E-state index contributed by atoms with van der Waals surface area (Å²) in [4.78, 5) is 0. The standard InChI is InChI=1S/C14H21NO/c1-12(2)8-10-16-11-9-15-14-6-4-13(3)5-7-14/h4-7,15H,1,8-11H2,2-3H3. The van der Waals surface area contributed by atoms with Gasteiger partial charge in [0.05, 0.1) is 13.2 Å². The Morgan fingerprint density at radius 3 is 2.56 bits per heavy atom. The first-order valence-electron chi connectivity index (χ1n) is 5.71. The van der Waals surface area contributed by atoms with E-state index in [1.54, 1.807) is 0 Å². The van der Waals surface area contributed by atoms with Gasteiger partial charge in [0.2, 0.25) is 0 Å². The maximum atomic E-state index is 5.47. The molecule has 0 saturated carbocycles. The van der Waals surface area contributed by atoms with Crippen LogP contribution in [0.1, 0.15) is 18.9 Å². The van der Waals surface area contributed by atoms with E-state index in [0.717, 1.165) is 31.9 Å². The fourth-order valence-electron chi connectivity index (χ4n) is 1.29. The van der Waals surface area contributed by atoms with Gasteiger partial charge in [-0.15, -0.1) is 6.58 Å². The molecule has 0 aromatic heterocycles. The highest BCUT2D eigenvalue weighted by atomic mass is 16.5. The Bertz CT molecular complexity index is 316. The average Bonchev–Trinajstić information content (AvgIpc) is 2.25. The van der Waals surface area contributed by atoms with Crippen molar-refractivity contribution in [2.24, 2.45) is 0 Å². The van der Waals surface area contributed by atoms with Gasteiger partial charge in [0.1, 0.15) is 0 Å². The summed E-state index contributed by atoms with van der Waals surface area (Å²) in [5.41, 5.74) is 3.60. The van der Waals surface area contributed by atoms with Crippen LogP contribution < -0.4 is 5.32 Å². The van der Waals surface area contributed by atoms with Crippen LogP contribution >= 0.6 is 0 Å². The molecule has 2 heteroatoms. The molecule has 0 atom stereocenters. The summed E-state index contributed by atoms with van der Waals surface area (Å²) >= 11 is 0. The van der Waals surface area contributed by atoms with Crippen molar-refractivity contribution in [2.75, 3.05) is 25.1 Å². The van der Waals surface area contributed by atoms with Gasteiger partial charge in [-0.05, 0) is 32.4 Å². The van der Waals surface area contributed by atoms with Crippen molar-refractivity contribution in [2.45, 2.75) is 20.3 Å². The number of ether oxygens (including phenoxy) is 1. The molecule has 0 aliphatic heterocycles. The molecule has 1 N–H and O–H groups in total. The predicted molar refractivity (Wildman–Crippen MR) is 69.9 cm³/mol. The highest BCUT2D eigenvalue weighted by molar-refractivity contribution is 5.44. The monoisotopic (exact) mass is 219 g/mol. The zero-order valence-electron chi connectivity index (χ0n) is 10.3. The van der Waals surface area contributed by atoms with E-state index in [-0.39, 0.29) is 0 Å². The molecule has 0 saturated heterocycles. The molecule has 1 aromatic carbocycles. The first-order valence-corrected chi connectivity index (χ1v) is 5.71. The van der Waals surface area contributed by atoms with Gasteiger partial charge >= 0.3 is 0 Å². The van der Waals surface area contributed by atoms with Gasteiger partial charge in [-0.3, -0.25) is 0 Å². The van der Waals surface area contributed by atoms with Crippen LogP contribution in [0.4, 0.5) is 5.69 Å². The molecule has 0 heterocycles. The smallest absolute Gasteiger partial charge is 0.0639 e. The summed E-state index contributed by atoms with van der Waals surface area (Å²) in [6.45, 7) is 10.3. The maximum absolute atomic E-state index is 5.47. The summed E-state index contributed by atoms with van der Waals surface area (Å²) in [5.74, 6) is 0. The Morgan fingerprint density at radius 2 is 1.94 bits per heavy atom. The average molecular weight is 219 g/mol. The predicted octanol–water partition coefficient (Wildman–Crippen LogP) is 3.39. The SMILES string of the molecule is C=C(C)CCOCCNc1ccc(C)cc1. The highest BCUT2D eigenvalue weighted by Crippen LogP contribution is 2.07. The van der Waals surface area contributed by atoms with Crippen molar-refractivity contribution < 1.29 is 4.74 Å². The Hall–Kier alpha value is -1.28. The van der Waals surface area contributed by atoms with E-state index < -0.39 is 0 Å². The lowest BCUT2D eigenvalue weighted by Crippen LogP contribution is -2.10. The van der Waals surface area contributed by atoms with Gasteiger partial charge in [0.25, 0.3) is 0 Å². The third-order valence-electron chi connectivity index (χ3n) is 2.30. The van der Waals surface area contributed by atoms with Crippen LogP contribution in [0.3, 0.4) is 0 Å². The molecule has 1 aromatic rings. The van der Waals surface area contributed by atoms with E-state index in [2.05, 4.69) is 43.1 Å². The number of aryl methyl sites for hydroxylation is 1. The summed E-state index contributed by atoms with van der Waals surface area (Å²) in [7, 11) is 0. The van der Waals surface area contributed by atoms with Gasteiger partial charge < -0.3 is 10.1 Å². The fraction of sp³-hybridized carbons (Fsp3) is 0.429. The molecule has 0 aliphatic carbocycles. The Kier molecular flexibility index (Phi) is 5.65. The Balaban J connectivity index is 2.07. The van der Waals surface area contributed by atoms with Gasteiger partial charge in [-0.1, -0.05) is 23.3 Å². The van der Waals surface area contributed by atoms with Crippen molar-refractivity contribution in [3.63, 3.8) is 0 Å². The van der Waals surface area contributed by atoms with Crippen LogP contribution in [0.5, 0.6) is 0 Å². The molecule has 0 fully saturated rings. The zero-order chi connectivity index (χ0) is 11.8. The molecule has 0 spiro atoms. The Morgan fingerprint density at radius 1 is 1.25 bits per heavy atom. The number of anilines is 1. The minimum atomic E-state index is 0.737. The lowest BCUT2D eigenvalue weighted by atomic mass is 10.2. The molecular weight excluding hydrogens is 198 g/mol. The molecule has 88 valence electrons. The minimum absolute atomic E-state index is 0.737. The molecule has 1 rings (SSSR count). The van der Waals surface area contributed by atoms with Gasteiger partial charge in [0.15, 0.2) is 0 Å². The number of hydrogen-bond acceptors (Lipinski definition) is 2. The number of benzene rings is 1. The second-order valence-electron chi connectivity index (χ2n) is 4.11. The van der Waals surface area contributed by atoms with Crippen LogP contribution in [0, 0.1) is 6.92 Å². The van der Waals surface area contributed by atoms with Crippen molar-refractivity contribution in [3.05, 3.63) is 42.0 Å². The lowest BCUT2D eigenvalue weighted by molar-refractivity contribution is 0.147. The number of hydrogen-bond donors (Lipinski definition) is 1. The van der Waals surface area contributed by atoms with Crippen LogP contribution in [0.15, 0.2) is 36.4 Å². The first kappa shape index (κ1) is 12.8. The van der Waals surface area contributed by atoms with E-state index in [4.69, 9.17) is 4.74 Å².